The minimum Gasteiger partial charge on any atom is -0.341 e. The Hall–Kier alpha value is -1.59. The highest BCUT2D eigenvalue weighted by Crippen LogP contribution is 2.33. The van der Waals surface area contributed by atoms with E-state index >= 15 is 0 Å². The highest BCUT2D eigenvalue weighted by Gasteiger charge is 2.40. The highest BCUT2D eigenvalue weighted by molar-refractivity contribution is 6.33. The van der Waals surface area contributed by atoms with Crippen molar-refractivity contribution in [1.29, 1.82) is 0 Å². The van der Waals surface area contributed by atoms with Crippen molar-refractivity contribution >= 4 is 23.4 Å². The third-order valence-corrected chi connectivity index (χ3v) is 7.62. The van der Waals surface area contributed by atoms with E-state index in [9.17, 15) is 9.59 Å². The smallest absolute Gasteiger partial charge is 0.255 e. The molecule has 1 aliphatic carbocycles. The Morgan fingerprint density at radius 1 is 0.900 bits per heavy atom. The summed E-state index contributed by atoms with van der Waals surface area (Å²) in [6.45, 7) is 6.89. The van der Waals surface area contributed by atoms with Gasteiger partial charge in [0.1, 0.15) is 0 Å². The summed E-state index contributed by atoms with van der Waals surface area (Å²) in [5.74, 6) is 1.51. The Balaban J connectivity index is 1.42. The van der Waals surface area contributed by atoms with Gasteiger partial charge in [-0.15, -0.1) is 0 Å². The van der Waals surface area contributed by atoms with E-state index in [4.69, 9.17) is 11.6 Å². The average Bonchev–Trinajstić information content (AvgIpc) is 3.29. The second kappa shape index (κ2) is 9.69. The van der Waals surface area contributed by atoms with E-state index in [1.54, 1.807) is 12.1 Å². The molecule has 0 aromatic heterocycles. The standard InChI is InChI=1S/C24H34ClN3O2/c1-18-10-12-27(13-11-18)24(30)22(19-6-2-3-7-19)26-14-16-28(17-15-26)23(29)20-8-4-5-9-21(20)25/h4-5,8-9,18-19,22H,2-3,6-7,10-17H2,1H3. The van der Waals surface area contributed by atoms with Gasteiger partial charge >= 0.3 is 0 Å². The molecule has 0 radical (unpaired) electrons. The molecule has 164 valence electrons. The van der Waals surface area contributed by atoms with Crippen molar-refractivity contribution in [3.8, 4) is 0 Å². The number of piperazine rings is 1. The topological polar surface area (TPSA) is 43.9 Å². The van der Waals surface area contributed by atoms with Gasteiger partial charge in [-0.1, -0.05) is 43.5 Å². The molecular weight excluding hydrogens is 398 g/mol. The summed E-state index contributed by atoms with van der Waals surface area (Å²) < 4.78 is 0. The van der Waals surface area contributed by atoms with Gasteiger partial charge in [0, 0.05) is 39.3 Å². The van der Waals surface area contributed by atoms with E-state index in [0.29, 0.717) is 35.5 Å². The SMILES string of the molecule is CC1CCN(C(=O)C(C2CCCC2)N2CCN(C(=O)c3ccccc3Cl)CC2)CC1. The third kappa shape index (κ3) is 4.67. The molecule has 1 aromatic carbocycles. The van der Waals surface area contributed by atoms with Gasteiger partial charge < -0.3 is 9.80 Å². The molecule has 2 amide bonds. The molecule has 5 nitrogen and oxygen atoms in total. The van der Waals surface area contributed by atoms with Crippen molar-refractivity contribution in [2.24, 2.45) is 11.8 Å². The Morgan fingerprint density at radius 2 is 1.53 bits per heavy atom. The largest absolute Gasteiger partial charge is 0.341 e. The lowest BCUT2D eigenvalue weighted by atomic mass is 9.92. The summed E-state index contributed by atoms with van der Waals surface area (Å²) in [6.07, 6.45) is 7.00. The van der Waals surface area contributed by atoms with Crippen LogP contribution in [0.4, 0.5) is 0 Å². The highest BCUT2D eigenvalue weighted by atomic mass is 35.5. The number of piperidine rings is 1. The Bertz CT molecular complexity index is 749. The van der Waals surface area contributed by atoms with Crippen LogP contribution in [-0.4, -0.2) is 71.8 Å². The number of hydrogen-bond acceptors (Lipinski definition) is 3. The zero-order valence-electron chi connectivity index (χ0n) is 18.1. The monoisotopic (exact) mass is 431 g/mol. The van der Waals surface area contributed by atoms with E-state index in [1.165, 1.54) is 12.8 Å². The molecule has 30 heavy (non-hydrogen) atoms. The van der Waals surface area contributed by atoms with Crippen molar-refractivity contribution in [1.82, 2.24) is 14.7 Å². The van der Waals surface area contributed by atoms with E-state index in [-0.39, 0.29) is 11.9 Å². The zero-order valence-corrected chi connectivity index (χ0v) is 18.8. The van der Waals surface area contributed by atoms with Gasteiger partial charge in [-0.05, 0) is 49.7 Å². The summed E-state index contributed by atoms with van der Waals surface area (Å²) in [5, 5.41) is 0.503. The van der Waals surface area contributed by atoms with Gasteiger partial charge in [0.2, 0.25) is 5.91 Å². The number of halogens is 1. The minimum atomic E-state index is -0.0153. The van der Waals surface area contributed by atoms with Crippen molar-refractivity contribution in [2.45, 2.75) is 51.5 Å². The quantitative estimate of drug-likeness (QED) is 0.725. The number of nitrogens with zero attached hydrogens (tertiary/aromatic N) is 3. The molecule has 1 unspecified atom stereocenters. The Kier molecular flexibility index (Phi) is 6.99. The molecule has 3 aliphatic rings. The van der Waals surface area contributed by atoms with Crippen molar-refractivity contribution in [3.05, 3.63) is 34.9 Å². The van der Waals surface area contributed by atoms with E-state index in [0.717, 1.165) is 57.8 Å². The predicted octanol–water partition coefficient (Wildman–Crippen LogP) is 3.92. The number of carbonyl (C=O) groups is 2. The van der Waals surface area contributed by atoms with Crippen LogP contribution in [0.15, 0.2) is 24.3 Å². The first-order valence-corrected chi connectivity index (χ1v) is 12.0. The van der Waals surface area contributed by atoms with Crippen LogP contribution in [-0.2, 0) is 4.79 Å². The molecule has 3 fully saturated rings. The molecule has 0 bridgehead atoms. The van der Waals surface area contributed by atoms with Crippen LogP contribution in [0.25, 0.3) is 0 Å². The number of benzene rings is 1. The normalized spacial score (nSPS) is 23.0. The van der Waals surface area contributed by atoms with Gasteiger partial charge in [-0.3, -0.25) is 14.5 Å². The second-order valence-corrected chi connectivity index (χ2v) is 9.71. The molecule has 2 saturated heterocycles. The van der Waals surface area contributed by atoms with Crippen LogP contribution in [0, 0.1) is 11.8 Å². The molecule has 4 rings (SSSR count). The van der Waals surface area contributed by atoms with Gasteiger partial charge in [0.25, 0.3) is 5.91 Å². The van der Waals surface area contributed by atoms with Gasteiger partial charge in [0.15, 0.2) is 0 Å². The molecular formula is C24H34ClN3O2. The number of carbonyl (C=O) groups excluding carboxylic acids is 2. The first kappa shape index (κ1) is 21.6. The van der Waals surface area contributed by atoms with Crippen LogP contribution in [0.5, 0.6) is 0 Å². The third-order valence-electron chi connectivity index (χ3n) is 7.29. The van der Waals surface area contributed by atoms with Crippen LogP contribution < -0.4 is 0 Å². The molecule has 6 heteroatoms. The van der Waals surface area contributed by atoms with Crippen LogP contribution in [0.1, 0.15) is 55.8 Å². The first-order chi connectivity index (χ1) is 14.5. The fourth-order valence-corrected chi connectivity index (χ4v) is 5.57. The Morgan fingerprint density at radius 3 is 2.17 bits per heavy atom. The maximum Gasteiger partial charge on any atom is 0.255 e. The second-order valence-electron chi connectivity index (χ2n) is 9.31. The molecule has 1 atom stereocenters. The lowest BCUT2D eigenvalue weighted by molar-refractivity contribution is -0.141. The number of hydrogen-bond donors (Lipinski definition) is 0. The van der Waals surface area contributed by atoms with E-state index in [1.807, 2.05) is 17.0 Å². The summed E-state index contributed by atoms with van der Waals surface area (Å²) >= 11 is 6.23. The molecule has 0 N–H and O–H groups in total. The van der Waals surface area contributed by atoms with Crippen molar-refractivity contribution < 1.29 is 9.59 Å². The maximum atomic E-state index is 13.6. The first-order valence-electron chi connectivity index (χ1n) is 11.6. The minimum absolute atomic E-state index is 0.00555. The number of likely N-dealkylation sites (tertiary alicyclic amines) is 1. The van der Waals surface area contributed by atoms with Crippen LogP contribution in [0.3, 0.4) is 0 Å². The summed E-state index contributed by atoms with van der Waals surface area (Å²) in [4.78, 5) is 32.8. The van der Waals surface area contributed by atoms with Crippen LogP contribution in [0.2, 0.25) is 5.02 Å². The lowest BCUT2D eigenvalue weighted by Crippen LogP contribution is -2.59. The molecule has 2 heterocycles. The fraction of sp³-hybridized carbons (Fsp3) is 0.667. The molecule has 1 aromatic rings. The fourth-order valence-electron chi connectivity index (χ4n) is 5.35. The molecule has 0 spiro atoms. The van der Waals surface area contributed by atoms with Gasteiger partial charge in [-0.25, -0.2) is 0 Å². The number of rotatable bonds is 4. The van der Waals surface area contributed by atoms with E-state index in [2.05, 4.69) is 16.7 Å². The summed E-state index contributed by atoms with van der Waals surface area (Å²) in [7, 11) is 0. The van der Waals surface area contributed by atoms with Gasteiger partial charge in [0.05, 0.1) is 16.6 Å². The molecule has 1 saturated carbocycles. The zero-order chi connectivity index (χ0) is 21.1. The number of amides is 2. The summed E-state index contributed by atoms with van der Waals surface area (Å²) in [5.41, 5.74) is 0.568. The lowest BCUT2D eigenvalue weighted by Gasteiger charge is -2.43. The van der Waals surface area contributed by atoms with Crippen molar-refractivity contribution in [2.75, 3.05) is 39.3 Å². The summed E-state index contributed by atoms with van der Waals surface area (Å²) in [6, 6.07) is 7.23. The van der Waals surface area contributed by atoms with Crippen molar-refractivity contribution in [3.63, 3.8) is 0 Å². The maximum absolute atomic E-state index is 13.6. The van der Waals surface area contributed by atoms with Gasteiger partial charge in [-0.2, -0.15) is 0 Å². The predicted molar refractivity (Wildman–Crippen MR) is 120 cm³/mol. The Labute approximate surface area is 185 Å². The van der Waals surface area contributed by atoms with Crippen LogP contribution >= 0.6 is 11.6 Å². The molecule has 2 aliphatic heterocycles. The average molecular weight is 432 g/mol. The van der Waals surface area contributed by atoms with E-state index < -0.39 is 0 Å².